The van der Waals surface area contributed by atoms with Crippen LogP contribution in [0.2, 0.25) is 0 Å². The molecule has 2 nitrogen and oxygen atoms in total. The molecule has 0 saturated carbocycles. The van der Waals surface area contributed by atoms with E-state index in [1.807, 2.05) is 13.0 Å². The Morgan fingerprint density at radius 3 is 2.68 bits per heavy atom. The molecule has 1 atom stereocenters. The van der Waals surface area contributed by atoms with Crippen molar-refractivity contribution in [2.45, 2.75) is 59.0 Å². The van der Waals surface area contributed by atoms with E-state index in [-0.39, 0.29) is 12.1 Å². The predicted octanol–water partition coefficient (Wildman–Crippen LogP) is 5.20. The number of hydrogen-bond donors (Lipinski definition) is 0. The zero-order valence-corrected chi connectivity index (χ0v) is 13.9. The lowest BCUT2D eigenvalue weighted by atomic mass is 9.97. The van der Waals surface area contributed by atoms with Crippen LogP contribution in [0.4, 0.5) is 0 Å². The zero-order chi connectivity index (χ0) is 16.1. The monoisotopic (exact) mass is 298 g/mol. The highest BCUT2D eigenvalue weighted by Gasteiger charge is 2.25. The van der Waals surface area contributed by atoms with Crippen LogP contribution < -0.4 is 0 Å². The molecule has 2 rings (SSSR count). The maximum Gasteiger partial charge on any atom is 0.334 e. The van der Waals surface area contributed by atoms with Gasteiger partial charge in [-0.15, -0.1) is 0 Å². The van der Waals surface area contributed by atoms with Crippen LogP contribution in [0.3, 0.4) is 0 Å². The first-order valence-electron chi connectivity index (χ1n) is 8.05. The molecule has 0 fully saturated rings. The number of rotatable bonds is 1. The van der Waals surface area contributed by atoms with Gasteiger partial charge < -0.3 is 4.74 Å². The highest BCUT2D eigenvalue weighted by Crippen LogP contribution is 2.26. The molecule has 0 saturated heterocycles. The molecule has 1 aliphatic heterocycles. The third kappa shape index (κ3) is 4.59. The van der Waals surface area contributed by atoms with E-state index in [1.54, 1.807) is 0 Å². The molecule has 2 heteroatoms. The first-order valence-corrected chi connectivity index (χ1v) is 8.05. The minimum absolute atomic E-state index is 0.0874. The molecule has 0 aromatic rings. The van der Waals surface area contributed by atoms with Crippen LogP contribution in [0.25, 0.3) is 0 Å². The van der Waals surface area contributed by atoms with Crippen LogP contribution in [0.1, 0.15) is 52.9 Å². The van der Waals surface area contributed by atoms with Crippen molar-refractivity contribution in [3.8, 4) is 0 Å². The summed E-state index contributed by atoms with van der Waals surface area (Å²) in [6, 6.07) is 0. The molecular formula is C20H26O2. The predicted molar refractivity (Wildman–Crippen MR) is 91.5 cm³/mol. The Bertz CT molecular complexity index is 585. The Hall–Kier alpha value is -1.83. The highest BCUT2D eigenvalue weighted by atomic mass is 16.5. The van der Waals surface area contributed by atoms with Crippen LogP contribution in [0.15, 0.2) is 58.7 Å². The lowest BCUT2D eigenvalue weighted by Gasteiger charge is -2.08. The molecule has 118 valence electrons. The maximum atomic E-state index is 12.0. The van der Waals surface area contributed by atoms with Gasteiger partial charge in [0.2, 0.25) is 0 Å². The van der Waals surface area contributed by atoms with Gasteiger partial charge in [0.05, 0.1) is 0 Å². The number of ether oxygens (including phenoxy) is 1. The lowest BCUT2D eigenvalue weighted by molar-refractivity contribution is -0.139. The van der Waals surface area contributed by atoms with Crippen molar-refractivity contribution >= 4 is 5.97 Å². The van der Waals surface area contributed by atoms with Crippen molar-refractivity contribution in [1.82, 2.24) is 0 Å². The Morgan fingerprint density at radius 1 is 1.18 bits per heavy atom. The van der Waals surface area contributed by atoms with Gasteiger partial charge in [-0.25, -0.2) is 4.79 Å². The molecule has 0 aromatic carbocycles. The molecule has 0 aromatic heterocycles. The summed E-state index contributed by atoms with van der Waals surface area (Å²) >= 11 is 0. The summed E-state index contributed by atoms with van der Waals surface area (Å²) in [5.41, 5.74) is 5.74. The molecule has 0 amide bonds. The largest absolute Gasteiger partial charge is 0.454 e. The summed E-state index contributed by atoms with van der Waals surface area (Å²) in [4.78, 5) is 12.0. The minimum atomic E-state index is -0.152. The second-order valence-corrected chi connectivity index (χ2v) is 6.41. The molecule has 2 aliphatic rings. The summed E-state index contributed by atoms with van der Waals surface area (Å²) in [7, 11) is 0. The summed E-state index contributed by atoms with van der Waals surface area (Å²) in [5.74, 6) is -0.152. The van der Waals surface area contributed by atoms with Crippen LogP contribution in [-0.4, -0.2) is 12.1 Å². The Labute approximate surface area is 133 Å². The SMILES string of the molecule is C=C(C)/C1=C/C=C(\C)CC/C=C(\C)C[C@H]2C=C(CC1)C(=O)O2. The standard InChI is InChI=1S/C20H26O2/c1-14(2)17-9-8-15(3)6-5-7-16(4)12-19-13-18(11-10-17)20(21)22-19/h7-9,13,19H,1,5-6,10-12H2,2-4H3/b15-8+,16-7+,17-9+/t19-/m0/s1. The second kappa shape index (κ2) is 7.44. The highest BCUT2D eigenvalue weighted by molar-refractivity contribution is 5.91. The molecule has 1 heterocycles. The fourth-order valence-corrected chi connectivity index (χ4v) is 2.81. The second-order valence-electron chi connectivity index (χ2n) is 6.41. The van der Waals surface area contributed by atoms with Crippen molar-refractivity contribution in [2.75, 3.05) is 0 Å². The lowest BCUT2D eigenvalue weighted by Crippen LogP contribution is -2.08. The van der Waals surface area contributed by atoms with E-state index < -0.39 is 0 Å². The topological polar surface area (TPSA) is 26.3 Å². The molecule has 0 radical (unpaired) electrons. The van der Waals surface area contributed by atoms with E-state index in [4.69, 9.17) is 4.74 Å². The van der Waals surface area contributed by atoms with E-state index in [9.17, 15) is 4.79 Å². The van der Waals surface area contributed by atoms with Crippen LogP contribution in [0, 0.1) is 0 Å². The van der Waals surface area contributed by atoms with E-state index >= 15 is 0 Å². The third-order valence-electron chi connectivity index (χ3n) is 4.24. The van der Waals surface area contributed by atoms with Crippen molar-refractivity contribution in [3.63, 3.8) is 0 Å². The van der Waals surface area contributed by atoms with Crippen molar-refractivity contribution in [3.05, 3.63) is 58.7 Å². The van der Waals surface area contributed by atoms with Gasteiger partial charge in [0.15, 0.2) is 0 Å². The number of allylic oxidation sites excluding steroid dienone is 6. The first kappa shape index (κ1) is 16.5. The van der Waals surface area contributed by atoms with Crippen molar-refractivity contribution in [1.29, 1.82) is 0 Å². The maximum absolute atomic E-state index is 12.0. The average Bonchev–Trinajstić information content (AvgIpc) is 2.77. The van der Waals surface area contributed by atoms with Crippen LogP contribution in [0.5, 0.6) is 0 Å². The quantitative estimate of drug-likeness (QED) is 0.491. The van der Waals surface area contributed by atoms with Gasteiger partial charge >= 0.3 is 5.97 Å². The molecule has 2 bridgehead atoms. The number of hydrogen-bond acceptors (Lipinski definition) is 2. The normalized spacial score (nSPS) is 30.7. The van der Waals surface area contributed by atoms with Crippen LogP contribution in [-0.2, 0) is 9.53 Å². The van der Waals surface area contributed by atoms with Crippen molar-refractivity contribution < 1.29 is 9.53 Å². The first-order chi connectivity index (χ1) is 10.5. The van der Waals surface area contributed by atoms with Crippen molar-refractivity contribution in [2.24, 2.45) is 0 Å². The average molecular weight is 298 g/mol. The van der Waals surface area contributed by atoms with Gasteiger partial charge in [-0.05, 0) is 58.1 Å². The summed E-state index contributed by atoms with van der Waals surface area (Å²) in [5, 5.41) is 0. The van der Waals surface area contributed by atoms with Gasteiger partial charge in [-0.3, -0.25) is 0 Å². The summed E-state index contributed by atoms with van der Waals surface area (Å²) in [6.45, 7) is 10.4. The summed E-state index contributed by atoms with van der Waals surface area (Å²) in [6.07, 6.45) is 13.0. The molecule has 0 spiro atoms. The number of carbonyl (C=O) groups excluding carboxylic acids is 1. The molecular weight excluding hydrogens is 272 g/mol. The Kier molecular flexibility index (Phi) is 5.59. The zero-order valence-electron chi connectivity index (χ0n) is 13.9. The Morgan fingerprint density at radius 2 is 1.95 bits per heavy atom. The fraction of sp³-hybridized carbons (Fsp3) is 0.450. The number of fused-ring (bicyclic) bond motifs is 1. The van der Waals surface area contributed by atoms with E-state index in [0.717, 1.165) is 43.3 Å². The molecule has 1 aliphatic carbocycles. The molecule has 0 unspecified atom stereocenters. The van der Waals surface area contributed by atoms with E-state index in [1.165, 1.54) is 16.7 Å². The molecule has 0 N–H and O–H groups in total. The van der Waals surface area contributed by atoms with E-state index in [0.29, 0.717) is 0 Å². The third-order valence-corrected chi connectivity index (χ3v) is 4.24. The van der Waals surface area contributed by atoms with Gasteiger partial charge in [-0.1, -0.05) is 41.5 Å². The Balaban J connectivity index is 2.25. The molecule has 22 heavy (non-hydrogen) atoms. The summed E-state index contributed by atoms with van der Waals surface area (Å²) < 4.78 is 5.46. The smallest absolute Gasteiger partial charge is 0.334 e. The minimum Gasteiger partial charge on any atom is -0.454 e. The van der Waals surface area contributed by atoms with Gasteiger partial charge in [-0.2, -0.15) is 0 Å². The van der Waals surface area contributed by atoms with Crippen LogP contribution >= 0.6 is 0 Å². The van der Waals surface area contributed by atoms with Gasteiger partial charge in [0.25, 0.3) is 0 Å². The number of esters is 1. The van der Waals surface area contributed by atoms with Gasteiger partial charge in [0.1, 0.15) is 6.10 Å². The van der Waals surface area contributed by atoms with E-state index in [2.05, 4.69) is 38.7 Å². The fourth-order valence-electron chi connectivity index (χ4n) is 2.81. The van der Waals surface area contributed by atoms with Gasteiger partial charge in [0, 0.05) is 12.0 Å². The number of carbonyl (C=O) groups is 1.